The molecular formula is C15H18BrN. The Balaban J connectivity index is 2.20. The van der Waals surface area contributed by atoms with E-state index in [1.807, 2.05) is 0 Å². The molecule has 1 aromatic heterocycles. The summed E-state index contributed by atoms with van der Waals surface area (Å²) in [5, 5.41) is 1.44. The average molecular weight is 292 g/mol. The van der Waals surface area contributed by atoms with Crippen molar-refractivity contribution in [3.05, 3.63) is 33.4 Å². The van der Waals surface area contributed by atoms with Crippen LogP contribution in [-0.2, 0) is 12.8 Å². The fraction of sp³-hybridized carbons (Fsp3) is 0.467. The molecule has 0 radical (unpaired) electrons. The summed E-state index contributed by atoms with van der Waals surface area (Å²) in [5.74, 6) is 0.876. The number of hydrogen-bond donors (Lipinski definition) is 1. The van der Waals surface area contributed by atoms with Gasteiger partial charge in [-0.1, -0.05) is 29.3 Å². The summed E-state index contributed by atoms with van der Waals surface area (Å²) in [4.78, 5) is 3.64. The number of rotatable bonds is 1. The Morgan fingerprint density at radius 1 is 1.41 bits per heavy atom. The maximum Gasteiger partial charge on any atom is 0.0489 e. The zero-order valence-electron chi connectivity index (χ0n) is 10.4. The average Bonchev–Trinajstić information content (AvgIpc) is 2.67. The lowest BCUT2D eigenvalue weighted by molar-refractivity contribution is 0.444. The van der Waals surface area contributed by atoms with Crippen molar-refractivity contribution in [2.24, 2.45) is 5.92 Å². The number of benzene rings is 1. The van der Waals surface area contributed by atoms with Crippen molar-refractivity contribution < 1.29 is 0 Å². The topological polar surface area (TPSA) is 15.8 Å². The first-order valence-corrected chi connectivity index (χ1v) is 7.28. The second-order valence-corrected chi connectivity index (χ2v) is 6.16. The van der Waals surface area contributed by atoms with E-state index in [1.54, 1.807) is 5.56 Å². The van der Waals surface area contributed by atoms with Crippen LogP contribution in [0.1, 0.15) is 36.6 Å². The summed E-state index contributed by atoms with van der Waals surface area (Å²) in [6.45, 7) is 4.50. The van der Waals surface area contributed by atoms with E-state index in [4.69, 9.17) is 0 Å². The van der Waals surface area contributed by atoms with E-state index >= 15 is 0 Å². The van der Waals surface area contributed by atoms with Crippen LogP contribution in [0.25, 0.3) is 10.9 Å². The van der Waals surface area contributed by atoms with Crippen LogP contribution in [0.4, 0.5) is 0 Å². The van der Waals surface area contributed by atoms with Gasteiger partial charge in [0.05, 0.1) is 0 Å². The number of hydrogen-bond acceptors (Lipinski definition) is 0. The van der Waals surface area contributed by atoms with Gasteiger partial charge in [0.25, 0.3) is 0 Å². The van der Waals surface area contributed by atoms with Crippen molar-refractivity contribution in [3.63, 3.8) is 0 Å². The third-order valence-corrected chi connectivity index (χ3v) is 4.60. The van der Waals surface area contributed by atoms with Crippen molar-refractivity contribution in [2.45, 2.75) is 39.5 Å². The minimum atomic E-state index is 0.876. The Morgan fingerprint density at radius 2 is 2.24 bits per heavy atom. The Hall–Kier alpha value is -0.760. The number of halogens is 1. The minimum absolute atomic E-state index is 0.876. The van der Waals surface area contributed by atoms with E-state index in [1.165, 1.54) is 52.3 Å². The Morgan fingerprint density at radius 3 is 3.00 bits per heavy atom. The number of H-pyrrole nitrogens is 1. The highest BCUT2D eigenvalue weighted by molar-refractivity contribution is 9.10. The van der Waals surface area contributed by atoms with Crippen molar-refractivity contribution in [1.29, 1.82) is 0 Å². The molecule has 0 spiro atoms. The van der Waals surface area contributed by atoms with Gasteiger partial charge in [0.2, 0.25) is 0 Å². The standard InChI is InChI=1S/C15H18BrN/c1-3-10-4-5-14-12(7-10)13-8-11(16)6-9(2)15(13)17-14/h6,8,10,17H,3-5,7H2,1-2H3. The van der Waals surface area contributed by atoms with Gasteiger partial charge in [0, 0.05) is 21.1 Å². The number of aromatic amines is 1. The predicted molar refractivity (Wildman–Crippen MR) is 76.5 cm³/mol. The van der Waals surface area contributed by atoms with Crippen LogP contribution < -0.4 is 0 Å². The van der Waals surface area contributed by atoms with Crippen LogP contribution in [0, 0.1) is 12.8 Å². The zero-order valence-corrected chi connectivity index (χ0v) is 12.0. The van der Waals surface area contributed by atoms with Crippen LogP contribution in [0.2, 0.25) is 0 Å². The van der Waals surface area contributed by atoms with E-state index in [-0.39, 0.29) is 0 Å². The van der Waals surface area contributed by atoms with Crippen molar-refractivity contribution >= 4 is 26.8 Å². The molecule has 1 aliphatic carbocycles. The first kappa shape index (κ1) is 11.3. The van der Waals surface area contributed by atoms with Gasteiger partial charge in [-0.3, -0.25) is 0 Å². The zero-order chi connectivity index (χ0) is 12.0. The number of nitrogens with one attached hydrogen (secondary N) is 1. The maximum absolute atomic E-state index is 3.64. The highest BCUT2D eigenvalue weighted by Gasteiger charge is 2.21. The molecule has 0 bridgehead atoms. The maximum atomic E-state index is 3.64. The molecular weight excluding hydrogens is 274 g/mol. The molecule has 2 heteroatoms. The van der Waals surface area contributed by atoms with Crippen LogP contribution in [0.5, 0.6) is 0 Å². The van der Waals surface area contributed by atoms with Crippen molar-refractivity contribution in [3.8, 4) is 0 Å². The largest absolute Gasteiger partial charge is 0.358 e. The first-order valence-electron chi connectivity index (χ1n) is 6.48. The van der Waals surface area contributed by atoms with Crippen LogP contribution in [-0.4, -0.2) is 4.98 Å². The summed E-state index contributed by atoms with van der Waals surface area (Å²) in [5.41, 5.74) is 5.74. The predicted octanol–water partition coefficient (Wildman–Crippen LogP) is 4.75. The summed E-state index contributed by atoms with van der Waals surface area (Å²) >= 11 is 3.61. The van der Waals surface area contributed by atoms with E-state index < -0.39 is 0 Å². The quantitative estimate of drug-likeness (QED) is 0.780. The second-order valence-electron chi connectivity index (χ2n) is 5.24. The van der Waals surface area contributed by atoms with Crippen LogP contribution in [0.3, 0.4) is 0 Å². The third kappa shape index (κ3) is 1.83. The lowest BCUT2D eigenvalue weighted by Gasteiger charge is -2.20. The normalized spacial score (nSPS) is 19.6. The third-order valence-electron chi connectivity index (χ3n) is 4.14. The van der Waals surface area contributed by atoms with Crippen molar-refractivity contribution in [2.75, 3.05) is 0 Å². The van der Waals surface area contributed by atoms with Gasteiger partial charge in [0.1, 0.15) is 0 Å². The second kappa shape index (κ2) is 4.16. The molecule has 1 aromatic carbocycles. The highest BCUT2D eigenvalue weighted by Crippen LogP contribution is 2.35. The molecule has 1 aliphatic rings. The molecule has 0 saturated heterocycles. The summed E-state index contributed by atoms with van der Waals surface area (Å²) in [7, 11) is 0. The molecule has 0 fully saturated rings. The molecule has 1 atom stereocenters. The summed E-state index contributed by atoms with van der Waals surface area (Å²) in [6, 6.07) is 4.47. The van der Waals surface area contributed by atoms with Crippen LogP contribution in [0.15, 0.2) is 16.6 Å². The highest BCUT2D eigenvalue weighted by atomic mass is 79.9. The number of aryl methyl sites for hydroxylation is 2. The lowest BCUT2D eigenvalue weighted by Crippen LogP contribution is -2.12. The molecule has 1 N–H and O–H groups in total. The molecule has 0 saturated carbocycles. The molecule has 90 valence electrons. The number of aromatic nitrogens is 1. The fourth-order valence-electron chi connectivity index (χ4n) is 3.07. The molecule has 3 rings (SSSR count). The molecule has 0 aliphatic heterocycles. The smallest absolute Gasteiger partial charge is 0.0489 e. The van der Waals surface area contributed by atoms with E-state index in [9.17, 15) is 0 Å². The Bertz CT molecular complexity index is 568. The Kier molecular flexibility index (Phi) is 2.78. The molecule has 17 heavy (non-hydrogen) atoms. The number of fused-ring (bicyclic) bond motifs is 3. The van der Waals surface area contributed by atoms with Gasteiger partial charge < -0.3 is 4.98 Å². The lowest BCUT2D eigenvalue weighted by atomic mass is 9.85. The van der Waals surface area contributed by atoms with E-state index in [0.29, 0.717) is 0 Å². The first-order chi connectivity index (χ1) is 8.19. The molecule has 1 unspecified atom stereocenters. The summed E-state index contributed by atoms with van der Waals surface area (Å²) < 4.78 is 1.20. The minimum Gasteiger partial charge on any atom is -0.358 e. The fourth-order valence-corrected chi connectivity index (χ4v) is 3.64. The van der Waals surface area contributed by atoms with E-state index in [2.05, 4.69) is 46.9 Å². The molecule has 1 heterocycles. The molecule has 1 nitrogen and oxygen atoms in total. The van der Waals surface area contributed by atoms with Crippen molar-refractivity contribution in [1.82, 2.24) is 4.98 Å². The van der Waals surface area contributed by atoms with Gasteiger partial charge in [-0.05, 0) is 55.4 Å². The van der Waals surface area contributed by atoms with Crippen LogP contribution >= 0.6 is 15.9 Å². The van der Waals surface area contributed by atoms with Gasteiger partial charge in [-0.15, -0.1) is 0 Å². The van der Waals surface area contributed by atoms with Gasteiger partial charge >= 0.3 is 0 Å². The van der Waals surface area contributed by atoms with Gasteiger partial charge in [0.15, 0.2) is 0 Å². The van der Waals surface area contributed by atoms with Gasteiger partial charge in [-0.2, -0.15) is 0 Å². The molecule has 0 amide bonds. The monoisotopic (exact) mass is 291 g/mol. The Labute approximate surface area is 111 Å². The van der Waals surface area contributed by atoms with Gasteiger partial charge in [-0.25, -0.2) is 0 Å². The van der Waals surface area contributed by atoms with E-state index in [0.717, 1.165) is 5.92 Å². The SMILES string of the molecule is CCC1CCc2[nH]c3c(C)cc(Br)cc3c2C1. The molecule has 2 aromatic rings. The summed E-state index contributed by atoms with van der Waals surface area (Å²) in [6.07, 6.45) is 5.12.